The van der Waals surface area contributed by atoms with Gasteiger partial charge in [-0.3, -0.25) is 0 Å². The van der Waals surface area contributed by atoms with Crippen LogP contribution in [0.3, 0.4) is 0 Å². The molecule has 1 aromatic rings. The number of nitrogens with two attached hydrogens (primary N) is 1. The van der Waals surface area contributed by atoms with E-state index in [2.05, 4.69) is 25.4 Å². The summed E-state index contributed by atoms with van der Waals surface area (Å²) < 4.78 is 50.9. The molecule has 0 amide bonds. The Morgan fingerprint density at radius 3 is 2.42 bits per heavy atom. The van der Waals surface area contributed by atoms with E-state index in [0.29, 0.717) is 4.47 Å². The van der Waals surface area contributed by atoms with Gasteiger partial charge in [0.1, 0.15) is 0 Å². The molecule has 0 saturated heterocycles. The Labute approximate surface area is 120 Å². The predicted octanol–water partition coefficient (Wildman–Crippen LogP) is -0.141. The Balaban J connectivity index is 2.79. The number of sulfonamides is 2. The third-order valence-corrected chi connectivity index (χ3v) is 5.80. The number of nitrogens with one attached hydrogen (secondary N) is 2. The Bertz CT molecular complexity index is 658. The van der Waals surface area contributed by atoms with Crippen molar-refractivity contribution >= 4 is 41.7 Å². The lowest BCUT2D eigenvalue weighted by atomic mass is 10.3. The van der Waals surface area contributed by atoms with Crippen molar-refractivity contribution in [3.05, 3.63) is 22.7 Å². The highest BCUT2D eigenvalue weighted by Gasteiger charge is 2.16. The molecule has 0 bridgehead atoms. The Morgan fingerprint density at radius 1 is 1.26 bits per heavy atom. The first-order valence-electron chi connectivity index (χ1n) is 5.14. The van der Waals surface area contributed by atoms with Crippen molar-refractivity contribution in [1.82, 2.24) is 9.44 Å². The lowest BCUT2D eigenvalue weighted by Gasteiger charge is -2.08. The largest absolute Gasteiger partial charge is 0.398 e. The Morgan fingerprint density at radius 2 is 1.89 bits per heavy atom. The van der Waals surface area contributed by atoms with Crippen LogP contribution in [-0.4, -0.2) is 36.2 Å². The van der Waals surface area contributed by atoms with Gasteiger partial charge < -0.3 is 5.73 Å². The van der Waals surface area contributed by atoms with Crippen LogP contribution in [0.25, 0.3) is 0 Å². The molecule has 0 radical (unpaired) electrons. The van der Waals surface area contributed by atoms with Crippen molar-refractivity contribution in [2.24, 2.45) is 0 Å². The molecular formula is C9H14BrN3O4S2. The first-order valence-corrected chi connectivity index (χ1v) is 9.07. The number of nitrogen functional groups attached to an aromatic ring is 1. The van der Waals surface area contributed by atoms with Crippen LogP contribution in [0.5, 0.6) is 0 Å². The van der Waals surface area contributed by atoms with E-state index in [4.69, 9.17) is 5.73 Å². The molecule has 0 unspecified atom stereocenters. The topological polar surface area (TPSA) is 118 Å². The van der Waals surface area contributed by atoms with Gasteiger partial charge in [0.2, 0.25) is 20.0 Å². The van der Waals surface area contributed by atoms with E-state index in [0.717, 1.165) is 0 Å². The fourth-order valence-corrected chi connectivity index (χ4v) is 3.20. The second-order valence-corrected chi connectivity index (χ2v) is 8.27. The van der Waals surface area contributed by atoms with E-state index in [-0.39, 0.29) is 22.9 Å². The van der Waals surface area contributed by atoms with Crippen LogP contribution in [0.2, 0.25) is 0 Å². The fraction of sp³-hybridized carbons (Fsp3) is 0.333. The molecule has 0 heterocycles. The van der Waals surface area contributed by atoms with Gasteiger partial charge in [-0.1, -0.05) is 0 Å². The molecule has 10 heteroatoms. The summed E-state index contributed by atoms with van der Waals surface area (Å²) in [5, 5.41) is 0. The quantitative estimate of drug-likeness (QED) is 0.601. The standard InChI is InChI=1S/C9H14BrN3O4S2/c1-12-18(14,15)5-4-13-19(16,17)7-2-3-8(10)9(11)6-7/h2-3,6,12-13H,4-5,11H2,1H3. The van der Waals surface area contributed by atoms with Gasteiger partial charge >= 0.3 is 0 Å². The summed E-state index contributed by atoms with van der Waals surface area (Å²) in [5.41, 5.74) is 5.87. The molecule has 0 atom stereocenters. The summed E-state index contributed by atoms with van der Waals surface area (Å²) in [6, 6.07) is 4.17. The third kappa shape index (κ3) is 4.73. The SMILES string of the molecule is CNS(=O)(=O)CCNS(=O)(=O)c1ccc(Br)c(N)c1. The summed E-state index contributed by atoms with van der Waals surface area (Å²) >= 11 is 3.16. The summed E-state index contributed by atoms with van der Waals surface area (Å²) in [7, 11) is -5.96. The normalized spacial score (nSPS) is 12.5. The van der Waals surface area contributed by atoms with Crippen LogP contribution in [-0.2, 0) is 20.0 Å². The van der Waals surface area contributed by atoms with Gasteiger partial charge in [0.25, 0.3) is 0 Å². The van der Waals surface area contributed by atoms with Crippen molar-refractivity contribution in [3.63, 3.8) is 0 Å². The van der Waals surface area contributed by atoms with Crippen LogP contribution in [0.4, 0.5) is 5.69 Å². The molecule has 0 aliphatic heterocycles. The maximum absolute atomic E-state index is 11.9. The van der Waals surface area contributed by atoms with Gasteiger partial charge in [0, 0.05) is 16.7 Å². The molecule has 0 aliphatic carbocycles. The molecule has 0 spiro atoms. The van der Waals surface area contributed by atoms with Gasteiger partial charge in [-0.05, 0) is 41.2 Å². The number of anilines is 1. The molecular weight excluding hydrogens is 358 g/mol. The molecule has 0 aromatic heterocycles. The third-order valence-electron chi connectivity index (χ3n) is 2.25. The predicted molar refractivity (Wildman–Crippen MR) is 76.6 cm³/mol. The molecule has 4 N–H and O–H groups in total. The molecule has 0 aliphatic rings. The minimum atomic E-state index is -3.77. The second kappa shape index (κ2) is 6.18. The van der Waals surface area contributed by atoms with Crippen LogP contribution in [0.1, 0.15) is 0 Å². The van der Waals surface area contributed by atoms with Crippen molar-refractivity contribution < 1.29 is 16.8 Å². The summed E-state index contributed by atoms with van der Waals surface area (Å²) in [6.45, 7) is -0.221. The van der Waals surface area contributed by atoms with E-state index < -0.39 is 20.0 Å². The zero-order chi connectivity index (χ0) is 14.7. The van der Waals surface area contributed by atoms with Crippen molar-refractivity contribution in [3.8, 4) is 0 Å². The number of benzene rings is 1. The smallest absolute Gasteiger partial charge is 0.240 e. The van der Waals surface area contributed by atoms with Gasteiger partial charge in [0.05, 0.1) is 10.6 Å². The van der Waals surface area contributed by atoms with E-state index in [9.17, 15) is 16.8 Å². The highest BCUT2D eigenvalue weighted by molar-refractivity contribution is 9.10. The van der Waals surface area contributed by atoms with E-state index in [1.54, 1.807) is 0 Å². The molecule has 1 aromatic carbocycles. The molecule has 108 valence electrons. The zero-order valence-corrected chi connectivity index (χ0v) is 13.3. The van der Waals surface area contributed by atoms with Crippen LogP contribution in [0, 0.1) is 0 Å². The number of hydrogen-bond acceptors (Lipinski definition) is 5. The first-order chi connectivity index (χ1) is 8.68. The lowest BCUT2D eigenvalue weighted by Crippen LogP contribution is -2.33. The second-order valence-electron chi connectivity index (χ2n) is 3.60. The molecule has 0 saturated carbocycles. The van der Waals surface area contributed by atoms with Gasteiger partial charge in [-0.15, -0.1) is 0 Å². The fourth-order valence-electron chi connectivity index (χ4n) is 1.18. The van der Waals surface area contributed by atoms with E-state index >= 15 is 0 Å². The Kier molecular flexibility index (Phi) is 5.33. The van der Waals surface area contributed by atoms with Crippen molar-refractivity contribution in [2.45, 2.75) is 4.90 Å². The number of rotatable bonds is 6. The van der Waals surface area contributed by atoms with Gasteiger partial charge in [0.15, 0.2) is 0 Å². The van der Waals surface area contributed by atoms with Crippen LogP contribution >= 0.6 is 15.9 Å². The van der Waals surface area contributed by atoms with Crippen LogP contribution in [0.15, 0.2) is 27.6 Å². The number of halogens is 1. The summed E-state index contributed by atoms with van der Waals surface area (Å²) in [6.07, 6.45) is 0. The van der Waals surface area contributed by atoms with E-state index in [1.807, 2.05) is 0 Å². The van der Waals surface area contributed by atoms with Crippen molar-refractivity contribution in [1.29, 1.82) is 0 Å². The average Bonchev–Trinajstić information content (AvgIpc) is 2.32. The lowest BCUT2D eigenvalue weighted by molar-refractivity contribution is 0.578. The molecule has 19 heavy (non-hydrogen) atoms. The highest BCUT2D eigenvalue weighted by Crippen LogP contribution is 2.22. The van der Waals surface area contributed by atoms with Crippen molar-refractivity contribution in [2.75, 3.05) is 25.1 Å². The minimum Gasteiger partial charge on any atom is -0.398 e. The maximum atomic E-state index is 11.9. The van der Waals surface area contributed by atoms with E-state index in [1.165, 1.54) is 25.2 Å². The molecule has 0 fully saturated rings. The first kappa shape index (κ1) is 16.4. The average molecular weight is 372 g/mol. The Hall–Kier alpha value is -0.680. The molecule has 1 rings (SSSR count). The zero-order valence-electron chi connectivity index (χ0n) is 10.1. The highest BCUT2D eigenvalue weighted by atomic mass is 79.9. The monoisotopic (exact) mass is 371 g/mol. The summed E-state index contributed by atoms with van der Waals surface area (Å²) in [5.74, 6) is -0.339. The maximum Gasteiger partial charge on any atom is 0.240 e. The van der Waals surface area contributed by atoms with Crippen LogP contribution < -0.4 is 15.2 Å². The number of hydrogen-bond donors (Lipinski definition) is 3. The summed E-state index contributed by atoms with van der Waals surface area (Å²) in [4.78, 5) is -0.0185. The molecule has 7 nitrogen and oxygen atoms in total. The van der Waals surface area contributed by atoms with Gasteiger partial charge in [-0.2, -0.15) is 0 Å². The van der Waals surface area contributed by atoms with Gasteiger partial charge in [-0.25, -0.2) is 26.3 Å². The minimum absolute atomic E-state index is 0.0185.